The zero-order valence-corrected chi connectivity index (χ0v) is 20.2. The van der Waals surface area contributed by atoms with Gasteiger partial charge in [0, 0.05) is 30.0 Å². The minimum atomic E-state index is -0.250. The maximum absolute atomic E-state index is 13.3. The van der Waals surface area contributed by atoms with Gasteiger partial charge in [-0.3, -0.25) is 4.79 Å². The van der Waals surface area contributed by atoms with Crippen LogP contribution in [0.15, 0.2) is 23.6 Å². The van der Waals surface area contributed by atoms with Crippen LogP contribution in [0.4, 0.5) is 0 Å². The average molecular weight is 483 g/mol. The van der Waals surface area contributed by atoms with Gasteiger partial charge in [0.15, 0.2) is 11.5 Å². The molecule has 2 aliphatic rings. The van der Waals surface area contributed by atoms with Crippen molar-refractivity contribution >= 4 is 29.7 Å². The number of amides is 1. The summed E-state index contributed by atoms with van der Waals surface area (Å²) in [5, 5.41) is 2.15. The van der Waals surface area contributed by atoms with Crippen LogP contribution in [0.2, 0.25) is 0 Å². The van der Waals surface area contributed by atoms with Crippen LogP contribution in [0, 0.1) is 0 Å². The SMILES string of the molecule is COc1cc(C(=O)N2CCC3(CC2)OCCc2sccc23)cc(OC)c1OCCCN.Cl. The van der Waals surface area contributed by atoms with Crippen molar-refractivity contribution in [2.45, 2.75) is 31.3 Å². The van der Waals surface area contributed by atoms with E-state index in [1.165, 1.54) is 10.4 Å². The number of piperidine rings is 1. The van der Waals surface area contributed by atoms with Gasteiger partial charge in [-0.1, -0.05) is 0 Å². The number of hydrogen-bond acceptors (Lipinski definition) is 7. The van der Waals surface area contributed by atoms with E-state index in [2.05, 4.69) is 11.4 Å². The number of likely N-dealkylation sites (tertiary alicyclic amines) is 1. The Hall–Kier alpha value is -2.00. The molecule has 0 bridgehead atoms. The largest absolute Gasteiger partial charge is 0.493 e. The Morgan fingerprint density at radius 3 is 2.53 bits per heavy atom. The van der Waals surface area contributed by atoms with E-state index in [1.807, 2.05) is 4.90 Å². The third-order valence-electron chi connectivity index (χ3n) is 6.10. The second kappa shape index (κ2) is 10.7. The molecule has 0 aliphatic carbocycles. The van der Waals surface area contributed by atoms with Crippen molar-refractivity contribution in [3.8, 4) is 17.2 Å². The van der Waals surface area contributed by atoms with Crippen LogP contribution in [0.1, 0.15) is 40.1 Å². The van der Waals surface area contributed by atoms with Crippen LogP contribution in [0.5, 0.6) is 17.2 Å². The van der Waals surface area contributed by atoms with Crippen molar-refractivity contribution in [2.24, 2.45) is 5.73 Å². The summed E-state index contributed by atoms with van der Waals surface area (Å²) in [6.07, 6.45) is 3.31. The molecule has 0 radical (unpaired) electrons. The van der Waals surface area contributed by atoms with Gasteiger partial charge in [-0.25, -0.2) is 0 Å². The molecule has 1 fully saturated rings. The first kappa shape index (κ1) is 24.6. The van der Waals surface area contributed by atoms with Gasteiger partial charge in [0.1, 0.15) is 0 Å². The molecule has 2 N–H and O–H groups in total. The number of nitrogens with zero attached hydrogens (tertiary/aromatic N) is 1. The zero-order valence-electron chi connectivity index (χ0n) is 18.6. The van der Waals surface area contributed by atoms with Gasteiger partial charge in [0.25, 0.3) is 5.91 Å². The predicted octanol–water partition coefficient (Wildman–Crippen LogP) is 3.62. The highest BCUT2D eigenvalue weighted by Gasteiger charge is 2.42. The number of rotatable bonds is 7. The lowest BCUT2D eigenvalue weighted by molar-refractivity contribution is -0.0926. The summed E-state index contributed by atoms with van der Waals surface area (Å²) in [7, 11) is 3.12. The number of fused-ring (bicyclic) bond motifs is 2. The highest BCUT2D eigenvalue weighted by atomic mass is 35.5. The smallest absolute Gasteiger partial charge is 0.254 e. The lowest BCUT2D eigenvalue weighted by Gasteiger charge is -2.44. The molecule has 2 aliphatic heterocycles. The molecule has 3 heterocycles. The summed E-state index contributed by atoms with van der Waals surface area (Å²) in [6, 6.07) is 5.64. The summed E-state index contributed by atoms with van der Waals surface area (Å²) in [5.41, 5.74) is 7.14. The topological polar surface area (TPSA) is 83.2 Å². The van der Waals surface area contributed by atoms with E-state index in [-0.39, 0.29) is 23.9 Å². The molecule has 0 unspecified atom stereocenters. The number of carbonyl (C=O) groups is 1. The van der Waals surface area contributed by atoms with Crippen molar-refractivity contribution in [3.05, 3.63) is 39.6 Å². The molecule has 7 nitrogen and oxygen atoms in total. The lowest BCUT2D eigenvalue weighted by Crippen LogP contribution is -2.48. The van der Waals surface area contributed by atoms with E-state index < -0.39 is 0 Å². The molecule has 1 saturated heterocycles. The van der Waals surface area contributed by atoms with Crippen molar-refractivity contribution in [1.82, 2.24) is 4.90 Å². The molecule has 32 heavy (non-hydrogen) atoms. The quantitative estimate of drug-likeness (QED) is 0.607. The monoisotopic (exact) mass is 482 g/mol. The Morgan fingerprint density at radius 1 is 1.22 bits per heavy atom. The molecule has 1 aromatic heterocycles. The molecule has 176 valence electrons. The van der Waals surface area contributed by atoms with Gasteiger partial charge < -0.3 is 29.6 Å². The first-order valence-corrected chi connectivity index (χ1v) is 11.6. The van der Waals surface area contributed by atoms with E-state index in [9.17, 15) is 4.79 Å². The predicted molar refractivity (Wildman–Crippen MR) is 127 cm³/mol. The van der Waals surface area contributed by atoms with Crippen LogP contribution in [-0.2, 0) is 16.8 Å². The van der Waals surface area contributed by atoms with Crippen LogP contribution < -0.4 is 19.9 Å². The van der Waals surface area contributed by atoms with Crippen LogP contribution >= 0.6 is 23.7 Å². The molecule has 1 aromatic carbocycles. The first-order valence-electron chi connectivity index (χ1n) is 10.7. The van der Waals surface area contributed by atoms with Crippen LogP contribution in [0.25, 0.3) is 0 Å². The Kier molecular flexibility index (Phi) is 8.27. The van der Waals surface area contributed by atoms with Crippen molar-refractivity contribution in [1.29, 1.82) is 0 Å². The highest BCUT2D eigenvalue weighted by molar-refractivity contribution is 7.10. The molecule has 0 atom stereocenters. The second-order valence-electron chi connectivity index (χ2n) is 7.84. The van der Waals surface area contributed by atoms with Gasteiger partial charge in [-0.05, 0) is 54.9 Å². The van der Waals surface area contributed by atoms with E-state index in [4.69, 9.17) is 24.7 Å². The summed E-state index contributed by atoms with van der Waals surface area (Å²) in [4.78, 5) is 16.6. The Bertz CT molecular complexity index is 902. The van der Waals surface area contributed by atoms with Gasteiger partial charge in [0.2, 0.25) is 5.75 Å². The number of halogens is 1. The molecule has 9 heteroatoms. The fourth-order valence-electron chi connectivity index (χ4n) is 4.43. The van der Waals surface area contributed by atoms with Crippen LogP contribution in [0.3, 0.4) is 0 Å². The molecular weight excluding hydrogens is 452 g/mol. The number of carbonyl (C=O) groups excluding carboxylic acids is 1. The number of methoxy groups -OCH3 is 2. The first-order chi connectivity index (χ1) is 15.1. The minimum absolute atomic E-state index is 0. The molecule has 1 spiro atoms. The third kappa shape index (κ3) is 4.69. The molecule has 2 aromatic rings. The number of benzene rings is 1. The number of thiophene rings is 1. The Morgan fingerprint density at radius 2 is 1.91 bits per heavy atom. The summed E-state index contributed by atoms with van der Waals surface area (Å²) < 4.78 is 23.0. The molecule has 4 rings (SSSR count). The highest BCUT2D eigenvalue weighted by Crippen LogP contribution is 2.44. The van der Waals surface area contributed by atoms with E-state index in [1.54, 1.807) is 37.7 Å². The van der Waals surface area contributed by atoms with Crippen molar-refractivity contribution < 1.29 is 23.7 Å². The van der Waals surface area contributed by atoms with Gasteiger partial charge in [-0.2, -0.15) is 0 Å². The summed E-state index contributed by atoms with van der Waals surface area (Å²) in [6.45, 7) is 3.03. The average Bonchev–Trinajstić information content (AvgIpc) is 3.30. The zero-order chi connectivity index (χ0) is 21.8. The summed E-state index contributed by atoms with van der Waals surface area (Å²) >= 11 is 1.81. The molecular formula is C23H31ClN2O5S. The fourth-order valence-corrected chi connectivity index (χ4v) is 5.38. The normalized spacial score (nSPS) is 16.8. The number of nitrogens with two attached hydrogens (primary N) is 1. The lowest BCUT2D eigenvalue weighted by atomic mass is 9.82. The number of ether oxygens (including phenoxy) is 4. The van der Waals surface area contributed by atoms with Crippen LogP contribution in [-0.4, -0.2) is 57.9 Å². The number of hydrogen-bond donors (Lipinski definition) is 1. The Labute approximate surface area is 199 Å². The maximum Gasteiger partial charge on any atom is 0.254 e. The van der Waals surface area contributed by atoms with Gasteiger partial charge in [-0.15, -0.1) is 23.7 Å². The molecule has 1 amide bonds. The van der Waals surface area contributed by atoms with Gasteiger partial charge >= 0.3 is 0 Å². The second-order valence-corrected chi connectivity index (χ2v) is 8.84. The Balaban J connectivity index is 0.00000289. The maximum atomic E-state index is 13.3. The summed E-state index contributed by atoms with van der Waals surface area (Å²) in [5.74, 6) is 1.41. The minimum Gasteiger partial charge on any atom is -0.493 e. The molecule has 0 saturated carbocycles. The van der Waals surface area contributed by atoms with E-state index in [0.29, 0.717) is 49.1 Å². The fraction of sp³-hybridized carbons (Fsp3) is 0.522. The van der Waals surface area contributed by atoms with Crippen molar-refractivity contribution in [2.75, 3.05) is 47.1 Å². The van der Waals surface area contributed by atoms with Crippen molar-refractivity contribution in [3.63, 3.8) is 0 Å². The van der Waals surface area contributed by atoms with E-state index in [0.717, 1.165) is 32.3 Å². The third-order valence-corrected chi connectivity index (χ3v) is 7.09. The van der Waals surface area contributed by atoms with Gasteiger partial charge in [0.05, 0.1) is 33.0 Å². The standard InChI is InChI=1S/C23H30N2O5S.ClH/c1-27-18-14-16(15-19(28-2)21(18)29-11-3-8-24)22(26)25-9-6-23(7-10-25)17-5-13-31-20(17)4-12-30-23;/h5,13-15H,3-4,6-12,24H2,1-2H3;1H. The van der Waals surface area contributed by atoms with E-state index >= 15 is 0 Å².